The Labute approximate surface area is 172 Å². The molecule has 3 rings (SSSR count). The van der Waals surface area contributed by atoms with Crippen LogP contribution in [-0.4, -0.2) is 38.4 Å². The number of sulfone groups is 1. The van der Waals surface area contributed by atoms with Crippen LogP contribution in [0.4, 0.5) is 4.39 Å². The summed E-state index contributed by atoms with van der Waals surface area (Å²) in [6.07, 6.45) is 1.15. The van der Waals surface area contributed by atoms with E-state index in [-0.39, 0.29) is 17.1 Å². The molecule has 1 heterocycles. The second-order valence-electron chi connectivity index (χ2n) is 6.42. The predicted molar refractivity (Wildman–Crippen MR) is 110 cm³/mol. The van der Waals surface area contributed by atoms with Gasteiger partial charge in [0.15, 0.2) is 14.6 Å². The summed E-state index contributed by atoms with van der Waals surface area (Å²) in [5.41, 5.74) is 1.06. The topological polar surface area (TPSA) is 77.7 Å². The normalized spacial score (nSPS) is 12.6. The Morgan fingerprint density at radius 1 is 1.21 bits per heavy atom. The first-order chi connectivity index (χ1) is 13.8. The van der Waals surface area contributed by atoms with E-state index >= 15 is 0 Å². The molecule has 1 aromatic heterocycles. The number of hydrogen-bond acceptors (Lipinski definition) is 5. The monoisotopic (exact) mass is 436 g/mol. The summed E-state index contributed by atoms with van der Waals surface area (Å²) in [6, 6.07) is 10.9. The molecule has 0 aliphatic heterocycles. The summed E-state index contributed by atoms with van der Waals surface area (Å²) >= 11 is 1.24. The zero-order chi connectivity index (χ0) is 21.0. The van der Waals surface area contributed by atoms with Gasteiger partial charge in [-0.05, 0) is 36.8 Å². The van der Waals surface area contributed by atoms with E-state index in [2.05, 4.69) is 4.99 Å². The number of fused-ring (bicyclic) bond motifs is 1. The van der Waals surface area contributed by atoms with Crippen LogP contribution >= 0.6 is 11.3 Å². The third-order valence-electron chi connectivity index (χ3n) is 4.24. The minimum absolute atomic E-state index is 0.0201. The van der Waals surface area contributed by atoms with Crippen LogP contribution in [0.3, 0.4) is 0 Å². The first-order valence-corrected chi connectivity index (χ1v) is 11.7. The molecule has 0 unspecified atom stereocenters. The number of benzene rings is 2. The number of carbonyl (C=O) groups is 1. The molecule has 9 heteroatoms. The van der Waals surface area contributed by atoms with Crippen LogP contribution in [0.15, 0.2) is 52.4 Å². The Bertz CT molecular complexity index is 1200. The lowest BCUT2D eigenvalue weighted by atomic mass is 10.1. The van der Waals surface area contributed by atoms with E-state index in [4.69, 9.17) is 4.74 Å². The van der Waals surface area contributed by atoms with E-state index < -0.39 is 15.7 Å². The summed E-state index contributed by atoms with van der Waals surface area (Å²) in [7, 11) is -3.29. The molecule has 0 spiro atoms. The highest BCUT2D eigenvalue weighted by atomic mass is 32.2. The van der Waals surface area contributed by atoms with Crippen molar-refractivity contribution in [2.45, 2.75) is 24.8 Å². The highest BCUT2D eigenvalue weighted by Gasteiger charge is 2.12. The smallest absolute Gasteiger partial charge is 0.252 e. The Morgan fingerprint density at radius 2 is 1.93 bits per heavy atom. The van der Waals surface area contributed by atoms with Crippen LogP contribution in [0, 0.1) is 5.82 Å². The molecular formula is C20H21FN2O4S2. The number of nitrogens with zero attached hydrogens (tertiary/aromatic N) is 2. The van der Waals surface area contributed by atoms with E-state index in [1.165, 1.54) is 29.5 Å². The Kier molecular flexibility index (Phi) is 6.61. The minimum atomic E-state index is -3.29. The third kappa shape index (κ3) is 5.17. The molecule has 0 atom stereocenters. The number of carbonyl (C=O) groups excluding carboxylic acids is 1. The van der Waals surface area contributed by atoms with Crippen LogP contribution in [-0.2, 0) is 32.3 Å². The molecule has 3 aromatic rings. The summed E-state index contributed by atoms with van der Waals surface area (Å²) in [5.74, 6) is -0.769. The molecule has 0 fully saturated rings. The Balaban J connectivity index is 1.91. The zero-order valence-corrected chi connectivity index (χ0v) is 17.7. The van der Waals surface area contributed by atoms with E-state index in [9.17, 15) is 17.6 Å². The largest absolute Gasteiger partial charge is 0.380 e. The van der Waals surface area contributed by atoms with Gasteiger partial charge in [0.05, 0.1) is 28.1 Å². The molecule has 29 heavy (non-hydrogen) atoms. The molecule has 0 aliphatic carbocycles. The maximum atomic E-state index is 14.4. The van der Waals surface area contributed by atoms with E-state index in [0.717, 1.165) is 6.26 Å². The van der Waals surface area contributed by atoms with Crippen molar-refractivity contribution in [1.82, 2.24) is 4.57 Å². The van der Waals surface area contributed by atoms with Gasteiger partial charge in [0.2, 0.25) is 0 Å². The van der Waals surface area contributed by atoms with Crippen molar-refractivity contribution < 1.29 is 22.3 Å². The molecular weight excluding hydrogens is 415 g/mol. The van der Waals surface area contributed by atoms with Gasteiger partial charge in [-0.25, -0.2) is 12.8 Å². The highest BCUT2D eigenvalue weighted by molar-refractivity contribution is 7.90. The molecule has 6 nitrogen and oxygen atoms in total. The van der Waals surface area contributed by atoms with Crippen LogP contribution in [0.2, 0.25) is 0 Å². The lowest BCUT2D eigenvalue weighted by Gasteiger charge is -2.06. The summed E-state index contributed by atoms with van der Waals surface area (Å²) in [5, 5.41) is 0. The minimum Gasteiger partial charge on any atom is -0.380 e. The van der Waals surface area contributed by atoms with Gasteiger partial charge in [0.25, 0.3) is 5.91 Å². The van der Waals surface area contributed by atoms with Gasteiger partial charge in [0, 0.05) is 19.4 Å². The molecule has 1 amide bonds. The second-order valence-corrected chi connectivity index (χ2v) is 9.44. The standard InChI is InChI=1S/C20H21FN2O4S2/c1-3-27-12-11-23-19-16(21)5-4-6-17(19)28-20(23)22-18(24)13-14-7-9-15(10-8-14)29(2,25)26/h4-10H,3,11-13H2,1-2H3. The van der Waals surface area contributed by atoms with Gasteiger partial charge in [-0.2, -0.15) is 4.99 Å². The van der Waals surface area contributed by atoms with Crippen molar-refractivity contribution in [3.8, 4) is 0 Å². The maximum absolute atomic E-state index is 14.4. The first-order valence-electron chi connectivity index (χ1n) is 9.01. The van der Waals surface area contributed by atoms with E-state index in [1.54, 1.807) is 28.8 Å². The van der Waals surface area contributed by atoms with Gasteiger partial charge < -0.3 is 9.30 Å². The van der Waals surface area contributed by atoms with Crippen molar-refractivity contribution >= 4 is 37.3 Å². The number of amides is 1. The molecule has 154 valence electrons. The SMILES string of the molecule is CCOCCn1c(=NC(=O)Cc2ccc(S(C)(=O)=O)cc2)sc2cccc(F)c21. The van der Waals surface area contributed by atoms with Crippen molar-refractivity contribution in [2.24, 2.45) is 4.99 Å². The fraction of sp³-hybridized carbons (Fsp3) is 0.300. The summed E-state index contributed by atoms with van der Waals surface area (Å²) in [4.78, 5) is 17.3. The molecule has 2 aromatic carbocycles. The van der Waals surface area contributed by atoms with Crippen LogP contribution < -0.4 is 4.80 Å². The number of halogens is 1. The van der Waals surface area contributed by atoms with Gasteiger partial charge in [-0.15, -0.1) is 0 Å². The summed E-state index contributed by atoms with van der Waals surface area (Å²) in [6.45, 7) is 3.18. The quantitative estimate of drug-likeness (QED) is 0.534. The molecule has 0 aliphatic rings. The lowest BCUT2D eigenvalue weighted by molar-refractivity contribution is -0.117. The maximum Gasteiger partial charge on any atom is 0.252 e. The van der Waals surface area contributed by atoms with Crippen LogP contribution in [0.1, 0.15) is 12.5 Å². The van der Waals surface area contributed by atoms with Crippen molar-refractivity contribution in [2.75, 3.05) is 19.5 Å². The molecule has 0 saturated heterocycles. The first kappa shape index (κ1) is 21.4. The van der Waals surface area contributed by atoms with E-state index in [0.29, 0.717) is 40.3 Å². The van der Waals surface area contributed by atoms with Gasteiger partial charge >= 0.3 is 0 Å². The average Bonchev–Trinajstić information content (AvgIpc) is 3.00. The number of thiazole rings is 1. The van der Waals surface area contributed by atoms with Gasteiger partial charge in [0.1, 0.15) is 5.82 Å². The van der Waals surface area contributed by atoms with Gasteiger partial charge in [-0.3, -0.25) is 4.79 Å². The fourth-order valence-corrected chi connectivity index (χ4v) is 4.57. The number of ether oxygens (including phenoxy) is 1. The van der Waals surface area contributed by atoms with Crippen LogP contribution in [0.25, 0.3) is 10.2 Å². The molecule has 0 bridgehead atoms. The predicted octanol–water partition coefficient (Wildman–Crippen LogP) is 2.95. The number of para-hydroxylation sites is 1. The fourth-order valence-electron chi connectivity index (χ4n) is 2.86. The highest BCUT2D eigenvalue weighted by Crippen LogP contribution is 2.20. The average molecular weight is 437 g/mol. The molecule has 0 radical (unpaired) electrons. The third-order valence-corrected chi connectivity index (χ3v) is 6.41. The Morgan fingerprint density at radius 3 is 2.59 bits per heavy atom. The van der Waals surface area contributed by atoms with Crippen LogP contribution in [0.5, 0.6) is 0 Å². The molecule has 0 N–H and O–H groups in total. The second kappa shape index (κ2) is 8.98. The van der Waals surface area contributed by atoms with Crippen molar-refractivity contribution in [1.29, 1.82) is 0 Å². The van der Waals surface area contributed by atoms with E-state index in [1.807, 2.05) is 6.92 Å². The van der Waals surface area contributed by atoms with Gasteiger partial charge in [-0.1, -0.05) is 29.5 Å². The molecule has 0 saturated carbocycles. The Hall–Kier alpha value is -2.36. The zero-order valence-electron chi connectivity index (χ0n) is 16.1. The number of hydrogen-bond donors (Lipinski definition) is 0. The lowest BCUT2D eigenvalue weighted by Crippen LogP contribution is -2.20. The van der Waals surface area contributed by atoms with Crippen molar-refractivity contribution in [3.05, 3.63) is 58.6 Å². The number of aromatic nitrogens is 1. The summed E-state index contributed by atoms with van der Waals surface area (Å²) < 4.78 is 45.2. The van der Waals surface area contributed by atoms with Crippen molar-refractivity contribution in [3.63, 3.8) is 0 Å². The number of rotatable bonds is 7.